The number of fused-ring (bicyclic) bond motifs is 1. The SMILES string of the molecule is COC(=O)CCc1ccc(OCC2=C(c3ccc4c(c3)CCCC4)CCCCC2)cc1. The fourth-order valence-corrected chi connectivity index (χ4v) is 4.84. The van der Waals surface area contributed by atoms with E-state index < -0.39 is 0 Å². The summed E-state index contributed by atoms with van der Waals surface area (Å²) in [5, 5.41) is 0. The van der Waals surface area contributed by atoms with Crippen LogP contribution in [0.5, 0.6) is 5.75 Å². The molecule has 0 aliphatic heterocycles. The number of hydrogen-bond donors (Lipinski definition) is 0. The fourth-order valence-electron chi connectivity index (χ4n) is 4.84. The average Bonchev–Trinajstić information content (AvgIpc) is 3.07. The van der Waals surface area contributed by atoms with Gasteiger partial charge in [0.05, 0.1) is 7.11 Å². The van der Waals surface area contributed by atoms with Crippen LogP contribution in [0.15, 0.2) is 48.0 Å². The van der Waals surface area contributed by atoms with Crippen molar-refractivity contribution in [3.05, 3.63) is 70.3 Å². The molecule has 0 heterocycles. The molecule has 3 heteroatoms. The molecule has 0 amide bonds. The lowest BCUT2D eigenvalue weighted by molar-refractivity contribution is -0.140. The minimum absolute atomic E-state index is 0.171. The van der Waals surface area contributed by atoms with Gasteiger partial charge >= 0.3 is 5.97 Å². The maximum atomic E-state index is 11.3. The monoisotopic (exact) mass is 418 g/mol. The van der Waals surface area contributed by atoms with Crippen LogP contribution in [-0.4, -0.2) is 19.7 Å². The van der Waals surface area contributed by atoms with Gasteiger partial charge in [-0.15, -0.1) is 0 Å². The summed E-state index contributed by atoms with van der Waals surface area (Å²) in [5.74, 6) is 0.721. The molecular weight excluding hydrogens is 384 g/mol. The van der Waals surface area contributed by atoms with Crippen LogP contribution >= 0.6 is 0 Å². The third kappa shape index (κ3) is 5.78. The van der Waals surface area contributed by atoms with Crippen molar-refractivity contribution in [2.45, 2.75) is 70.6 Å². The van der Waals surface area contributed by atoms with E-state index in [9.17, 15) is 4.79 Å². The Morgan fingerprint density at radius 3 is 2.39 bits per heavy atom. The topological polar surface area (TPSA) is 35.5 Å². The lowest BCUT2D eigenvalue weighted by atomic mass is 9.87. The molecule has 2 aromatic carbocycles. The summed E-state index contributed by atoms with van der Waals surface area (Å²) in [4.78, 5) is 11.3. The number of esters is 1. The highest BCUT2D eigenvalue weighted by molar-refractivity contribution is 5.70. The molecule has 0 radical (unpaired) electrons. The minimum Gasteiger partial charge on any atom is -0.489 e. The number of rotatable bonds is 7. The van der Waals surface area contributed by atoms with Gasteiger partial charge in [0.15, 0.2) is 0 Å². The molecule has 4 rings (SSSR count). The molecule has 3 nitrogen and oxygen atoms in total. The number of carbonyl (C=O) groups excluding carboxylic acids is 1. The second-order valence-electron chi connectivity index (χ2n) is 8.84. The standard InChI is InChI=1S/C28H34O3/c1-30-28(29)18-13-21-11-16-26(17-12-21)31-20-25-9-3-2-4-10-27(25)24-15-14-22-7-5-6-8-23(22)19-24/h11-12,14-17,19H,2-10,13,18,20H2,1H3. The van der Waals surface area contributed by atoms with Gasteiger partial charge in [-0.05, 0) is 103 Å². The number of carbonyl (C=O) groups is 1. The van der Waals surface area contributed by atoms with E-state index in [1.54, 1.807) is 11.1 Å². The normalized spacial score (nSPS) is 16.4. The summed E-state index contributed by atoms with van der Waals surface area (Å²) < 4.78 is 10.9. The van der Waals surface area contributed by atoms with Crippen LogP contribution in [0.3, 0.4) is 0 Å². The number of allylic oxidation sites excluding steroid dienone is 1. The van der Waals surface area contributed by atoms with E-state index >= 15 is 0 Å². The predicted molar refractivity (Wildman–Crippen MR) is 125 cm³/mol. The molecule has 0 fully saturated rings. The third-order valence-electron chi connectivity index (χ3n) is 6.71. The van der Waals surface area contributed by atoms with Crippen molar-refractivity contribution < 1.29 is 14.3 Å². The van der Waals surface area contributed by atoms with Gasteiger partial charge in [-0.3, -0.25) is 4.79 Å². The van der Waals surface area contributed by atoms with E-state index in [4.69, 9.17) is 9.47 Å². The van der Waals surface area contributed by atoms with Gasteiger partial charge in [0.2, 0.25) is 0 Å². The first-order valence-corrected chi connectivity index (χ1v) is 11.8. The van der Waals surface area contributed by atoms with E-state index in [1.165, 1.54) is 68.8 Å². The van der Waals surface area contributed by atoms with E-state index in [0.29, 0.717) is 19.4 Å². The van der Waals surface area contributed by atoms with Gasteiger partial charge in [-0.2, -0.15) is 0 Å². The van der Waals surface area contributed by atoms with Gasteiger partial charge in [-0.25, -0.2) is 0 Å². The number of benzene rings is 2. The zero-order valence-corrected chi connectivity index (χ0v) is 18.8. The Morgan fingerprint density at radius 2 is 1.58 bits per heavy atom. The zero-order chi connectivity index (χ0) is 21.5. The van der Waals surface area contributed by atoms with Gasteiger partial charge in [0.25, 0.3) is 0 Å². The largest absolute Gasteiger partial charge is 0.489 e. The van der Waals surface area contributed by atoms with Gasteiger partial charge in [-0.1, -0.05) is 36.8 Å². The highest BCUT2D eigenvalue weighted by atomic mass is 16.5. The molecule has 31 heavy (non-hydrogen) atoms. The summed E-state index contributed by atoms with van der Waals surface area (Å²) in [6, 6.07) is 15.3. The molecule has 0 saturated carbocycles. The molecule has 0 unspecified atom stereocenters. The second kappa shape index (κ2) is 10.7. The number of hydrogen-bond acceptors (Lipinski definition) is 3. The molecule has 2 aliphatic rings. The Labute approximate surface area is 186 Å². The Morgan fingerprint density at radius 1 is 0.839 bits per heavy atom. The van der Waals surface area contributed by atoms with Crippen molar-refractivity contribution in [1.29, 1.82) is 0 Å². The zero-order valence-electron chi connectivity index (χ0n) is 18.8. The van der Waals surface area contributed by atoms with Crippen LogP contribution in [0, 0.1) is 0 Å². The van der Waals surface area contributed by atoms with Gasteiger partial charge in [0, 0.05) is 6.42 Å². The van der Waals surface area contributed by atoms with Crippen molar-refractivity contribution >= 4 is 11.5 Å². The van der Waals surface area contributed by atoms with Gasteiger partial charge < -0.3 is 9.47 Å². The van der Waals surface area contributed by atoms with Crippen molar-refractivity contribution in [3.63, 3.8) is 0 Å². The number of aryl methyl sites for hydroxylation is 3. The lowest BCUT2D eigenvalue weighted by Crippen LogP contribution is -2.06. The molecule has 164 valence electrons. The fraction of sp³-hybridized carbons (Fsp3) is 0.464. The second-order valence-corrected chi connectivity index (χ2v) is 8.84. The van der Waals surface area contributed by atoms with Gasteiger partial charge in [0.1, 0.15) is 12.4 Å². The smallest absolute Gasteiger partial charge is 0.305 e. The summed E-state index contributed by atoms with van der Waals surface area (Å²) in [6.45, 7) is 0.661. The van der Waals surface area contributed by atoms with Crippen molar-refractivity contribution in [1.82, 2.24) is 0 Å². The van der Waals surface area contributed by atoms with Crippen LogP contribution in [0.1, 0.15) is 73.6 Å². The average molecular weight is 419 g/mol. The summed E-state index contributed by atoms with van der Waals surface area (Å²) in [5.41, 5.74) is 8.63. The molecular formula is C28H34O3. The Bertz CT molecular complexity index is 924. The van der Waals surface area contributed by atoms with E-state index in [0.717, 1.165) is 24.2 Å². The molecule has 0 aromatic heterocycles. The van der Waals surface area contributed by atoms with Crippen LogP contribution in [0.25, 0.3) is 5.57 Å². The molecule has 2 aromatic rings. The van der Waals surface area contributed by atoms with Crippen molar-refractivity contribution in [2.75, 3.05) is 13.7 Å². The Hall–Kier alpha value is -2.55. The van der Waals surface area contributed by atoms with E-state index in [-0.39, 0.29) is 5.97 Å². The quantitative estimate of drug-likeness (QED) is 0.484. The highest BCUT2D eigenvalue weighted by Crippen LogP contribution is 2.34. The first-order valence-electron chi connectivity index (χ1n) is 11.8. The third-order valence-corrected chi connectivity index (χ3v) is 6.71. The van der Waals surface area contributed by atoms with Crippen molar-refractivity contribution in [2.24, 2.45) is 0 Å². The molecule has 0 saturated heterocycles. The Kier molecular flexibility index (Phi) is 7.45. The minimum atomic E-state index is -0.171. The first kappa shape index (κ1) is 21.7. The number of methoxy groups -OCH3 is 1. The van der Waals surface area contributed by atoms with Crippen LogP contribution < -0.4 is 4.74 Å². The summed E-state index contributed by atoms with van der Waals surface area (Å²) in [7, 11) is 1.43. The van der Waals surface area contributed by atoms with Crippen LogP contribution in [0.2, 0.25) is 0 Å². The van der Waals surface area contributed by atoms with Crippen LogP contribution in [-0.2, 0) is 28.8 Å². The first-order chi connectivity index (χ1) is 15.2. The summed E-state index contributed by atoms with van der Waals surface area (Å²) >= 11 is 0. The maximum absolute atomic E-state index is 11.3. The molecule has 0 bridgehead atoms. The molecule has 0 atom stereocenters. The maximum Gasteiger partial charge on any atom is 0.305 e. The van der Waals surface area contributed by atoms with E-state index in [1.807, 2.05) is 24.3 Å². The number of ether oxygens (including phenoxy) is 2. The highest BCUT2D eigenvalue weighted by Gasteiger charge is 2.16. The summed E-state index contributed by atoms with van der Waals surface area (Å²) in [6.07, 6.45) is 12.3. The lowest BCUT2D eigenvalue weighted by Gasteiger charge is -2.19. The molecule has 0 N–H and O–H groups in total. The molecule has 0 spiro atoms. The predicted octanol–water partition coefficient (Wildman–Crippen LogP) is 6.47. The molecule has 2 aliphatic carbocycles. The Balaban J connectivity index is 1.46. The van der Waals surface area contributed by atoms with Crippen molar-refractivity contribution in [3.8, 4) is 5.75 Å². The van der Waals surface area contributed by atoms with Crippen LogP contribution in [0.4, 0.5) is 0 Å². The van der Waals surface area contributed by atoms with E-state index in [2.05, 4.69) is 18.2 Å².